The standard InChI is InChI=1S/C48H31N3O/c1-48(2)40-18-10-8-16-33(40)34-22-20-30(27-41(34)48)47-50-45(28-12-4-3-5-13-28)49-46(51-47)29-21-23-37-39(26-29)32-15-7-6-14-31(32)36-24-25-38-35-17-9-11-19-42(35)52-44(38)43(36)37/h3-27H,1-2H3. The summed E-state index contributed by atoms with van der Waals surface area (Å²) >= 11 is 0. The molecule has 0 amide bonds. The predicted octanol–water partition coefficient (Wildman–Crippen LogP) is 12.5. The van der Waals surface area contributed by atoms with Crippen molar-refractivity contribution in [1.29, 1.82) is 0 Å². The number of aromatic nitrogens is 3. The third kappa shape index (κ3) is 4.12. The molecule has 2 aromatic heterocycles. The predicted molar refractivity (Wildman–Crippen MR) is 213 cm³/mol. The summed E-state index contributed by atoms with van der Waals surface area (Å²) in [4.78, 5) is 15.4. The number of para-hydroxylation sites is 1. The van der Waals surface area contributed by atoms with Gasteiger partial charge in [-0.3, -0.25) is 0 Å². The second-order valence-electron chi connectivity index (χ2n) is 14.4. The van der Waals surface area contributed by atoms with Crippen LogP contribution in [0.5, 0.6) is 0 Å². The van der Waals surface area contributed by atoms with E-state index >= 15 is 0 Å². The Kier molecular flexibility index (Phi) is 5.98. The van der Waals surface area contributed by atoms with Gasteiger partial charge < -0.3 is 4.42 Å². The van der Waals surface area contributed by atoms with Gasteiger partial charge in [0.2, 0.25) is 0 Å². The molecule has 0 radical (unpaired) electrons. The van der Waals surface area contributed by atoms with Crippen molar-refractivity contribution in [3.05, 3.63) is 163 Å². The molecular formula is C48H31N3O. The Balaban J connectivity index is 1.15. The lowest BCUT2D eigenvalue weighted by Crippen LogP contribution is -2.15. The Morgan fingerprint density at radius 1 is 0.404 bits per heavy atom. The Labute approximate surface area is 300 Å². The van der Waals surface area contributed by atoms with Crippen LogP contribution in [0.3, 0.4) is 0 Å². The molecule has 244 valence electrons. The molecule has 0 saturated heterocycles. The highest BCUT2D eigenvalue weighted by atomic mass is 16.3. The summed E-state index contributed by atoms with van der Waals surface area (Å²) in [5.41, 5.74) is 9.74. The minimum atomic E-state index is -0.131. The molecule has 0 N–H and O–H groups in total. The smallest absolute Gasteiger partial charge is 0.164 e. The lowest BCUT2D eigenvalue weighted by atomic mass is 9.82. The fourth-order valence-electron chi connectivity index (χ4n) is 8.55. The molecule has 1 aliphatic rings. The van der Waals surface area contributed by atoms with E-state index in [2.05, 4.69) is 135 Å². The van der Waals surface area contributed by atoms with Crippen LogP contribution in [0.2, 0.25) is 0 Å². The molecule has 0 bridgehead atoms. The summed E-state index contributed by atoms with van der Waals surface area (Å²) in [6.07, 6.45) is 0. The number of hydrogen-bond donors (Lipinski definition) is 0. The van der Waals surface area contributed by atoms with Gasteiger partial charge in [0.05, 0.1) is 0 Å². The van der Waals surface area contributed by atoms with Crippen molar-refractivity contribution in [2.45, 2.75) is 19.3 Å². The van der Waals surface area contributed by atoms with Crippen molar-refractivity contribution >= 4 is 54.3 Å². The van der Waals surface area contributed by atoms with Crippen molar-refractivity contribution in [3.63, 3.8) is 0 Å². The van der Waals surface area contributed by atoms with E-state index in [9.17, 15) is 0 Å². The van der Waals surface area contributed by atoms with Crippen molar-refractivity contribution in [2.75, 3.05) is 0 Å². The molecule has 52 heavy (non-hydrogen) atoms. The van der Waals surface area contributed by atoms with E-state index in [1.165, 1.54) is 38.4 Å². The Bertz CT molecular complexity index is 3100. The average Bonchev–Trinajstić information content (AvgIpc) is 3.69. The van der Waals surface area contributed by atoms with Gasteiger partial charge in [-0.15, -0.1) is 0 Å². The van der Waals surface area contributed by atoms with E-state index in [4.69, 9.17) is 19.4 Å². The highest BCUT2D eigenvalue weighted by Crippen LogP contribution is 2.49. The van der Waals surface area contributed by atoms with Gasteiger partial charge in [-0.2, -0.15) is 0 Å². The molecule has 4 heteroatoms. The van der Waals surface area contributed by atoms with Gasteiger partial charge in [0.1, 0.15) is 11.2 Å². The van der Waals surface area contributed by atoms with Crippen LogP contribution in [-0.2, 0) is 5.41 Å². The van der Waals surface area contributed by atoms with E-state index in [1.54, 1.807) is 0 Å². The molecule has 10 aromatic rings. The third-order valence-corrected chi connectivity index (χ3v) is 11.1. The van der Waals surface area contributed by atoms with E-state index in [0.29, 0.717) is 17.5 Å². The number of nitrogens with zero attached hydrogens (tertiary/aromatic N) is 3. The van der Waals surface area contributed by atoms with Gasteiger partial charge in [0, 0.05) is 38.3 Å². The van der Waals surface area contributed by atoms with Crippen LogP contribution >= 0.6 is 0 Å². The lowest BCUT2D eigenvalue weighted by Gasteiger charge is -2.21. The highest BCUT2D eigenvalue weighted by Gasteiger charge is 2.35. The van der Waals surface area contributed by atoms with Gasteiger partial charge in [-0.1, -0.05) is 141 Å². The highest BCUT2D eigenvalue weighted by molar-refractivity contribution is 6.32. The minimum Gasteiger partial charge on any atom is -0.455 e. The van der Waals surface area contributed by atoms with E-state index in [-0.39, 0.29) is 5.41 Å². The second kappa shape index (κ2) is 10.7. The van der Waals surface area contributed by atoms with Gasteiger partial charge in [-0.05, 0) is 73.5 Å². The van der Waals surface area contributed by atoms with Crippen LogP contribution in [0.1, 0.15) is 25.0 Å². The minimum absolute atomic E-state index is 0.131. The number of rotatable bonds is 3. The Hall–Kier alpha value is -6.65. The first-order valence-electron chi connectivity index (χ1n) is 17.8. The van der Waals surface area contributed by atoms with Crippen LogP contribution in [0.4, 0.5) is 0 Å². The molecule has 0 aliphatic heterocycles. The number of benzene rings is 8. The Morgan fingerprint density at radius 3 is 1.77 bits per heavy atom. The van der Waals surface area contributed by atoms with Crippen LogP contribution in [0.25, 0.3) is 99.5 Å². The summed E-state index contributed by atoms with van der Waals surface area (Å²) in [5, 5.41) is 9.19. The molecule has 11 rings (SSSR count). The summed E-state index contributed by atoms with van der Waals surface area (Å²) in [6.45, 7) is 4.61. The zero-order valence-corrected chi connectivity index (χ0v) is 28.7. The largest absolute Gasteiger partial charge is 0.455 e. The fourth-order valence-corrected chi connectivity index (χ4v) is 8.55. The average molecular weight is 666 g/mol. The molecule has 2 heterocycles. The fraction of sp³-hybridized carbons (Fsp3) is 0.0625. The van der Waals surface area contributed by atoms with Crippen LogP contribution in [0.15, 0.2) is 156 Å². The van der Waals surface area contributed by atoms with Gasteiger partial charge >= 0.3 is 0 Å². The molecule has 0 fully saturated rings. The van der Waals surface area contributed by atoms with E-state index < -0.39 is 0 Å². The summed E-state index contributed by atoms with van der Waals surface area (Å²) < 4.78 is 6.60. The molecule has 0 atom stereocenters. The topological polar surface area (TPSA) is 51.8 Å². The molecule has 0 saturated carbocycles. The number of furan rings is 1. The van der Waals surface area contributed by atoms with Gasteiger partial charge in [0.15, 0.2) is 17.5 Å². The maximum absolute atomic E-state index is 6.60. The molecular weight excluding hydrogens is 635 g/mol. The first kappa shape index (κ1) is 29.1. The first-order valence-corrected chi connectivity index (χ1v) is 17.8. The molecule has 0 spiro atoms. The normalized spacial score (nSPS) is 13.3. The third-order valence-electron chi connectivity index (χ3n) is 11.1. The first-order chi connectivity index (χ1) is 25.5. The molecule has 0 unspecified atom stereocenters. The zero-order valence-electron chi connectivity index (χ0n) is 28.7. The van der Waals surface area contributed by atoms with Gasteiger partial charge in [-0.25, -0.2) is 15.0 Å². The van der Waals surface area contributed by atoms with Crippen molar-refractivity contribution in [1.82, 2.24) is 15.0 Å². The monoisotopic (exact) mass is 665 g/mol. The van der Waals surface area contributed by atoms with Crippen molar-refractivity contribution in [3.8, 4) is 45.3 Å². The summed E-state index contributed by atoms with van der Waals surface area (Å²) in [6, 6.07) is 53.6. The van der Waals surface area contributed by atoms with E-state index in [1.807, 2.05) is 30.3 Å². The Morgan fingerprint density at radius 2 is 0.962 bits per heavy atom. The van der Waals surface area contributed by atoms with Gasteiger partial charge in [0.25, 0.3) is 0 Å². The van der Waals surface area contributed by atoms with Crippen LogP contribution < -0.4 is 0 Å². The maximum Gasteiger partial charge on any atom is 0.164 e. The maximum atomic E-state index is 6.60. The quantitative estimate of drug-likeness (QED) is 0.176. The van der Waals surface area contributed by atoms with Crippen LogP contribution in [0, 0.1) is 0 Å². The van der Waals surface area contributed by atoms with E-state index in [0.717, 1.165) is 54.8 Å². The molecule has 8 aromatic carbocycles. The summed E-state index contributed by atoms with van der Waals surface area (Å²) in [5.74, 6) is 1.95. The van der Waals surface area contributed by atoms with Crippen molar-refractivity contribution in [2.24, 2.45) is 0 Å². The second-order valence-corrected chi connectivity index (χ2v) is 14.4. The molecule has 4 nitrogen and oxygen atoms in total. The van der Waals surface area contributed by atoms with Crippen molar-refractivity contribution < 1.29 is 4.42 Å². The SMILES string of the molecule is CC1(C)c2ccccc2-c2ccc(-c3nc(-c4ccccc4)nc(-c4ccc5c(c4)c4ccccc4c4ccc6c7ccccc7oc6c45)n3)cc21. The number of hydrogen-bond acceptors (Lipinski definition) is 4. The lowest BCUT2D eigenvalue weighted by molar-refractivity contribution is 0.660. The molecule has 1 aliphatic carbocycles. The van der Waals surface area contributed by atoms with Crippen LogP contribution in [-0.4, -0.2) is 15.0 Å². The summed E-state index contributed by atoms with van der Waals surface area (Å²) in [7, 11) is 0. The number of fused-ring (bicyclic) bond motifs is 13. The zero-order chi connectivity index (χ0) is 34.6.